The molecule has 96 valence electrons. The van der Waals surface area contributed by atoms with Gasteiger partial charge in [-0.3, -0.25) is 0 Å². The van der Waals surface area contributed by atoms with Crippen LogP contribution < -0.4 is 10.5 Å². The second-order valence-corrected chi connectivity index (χ2v) is 5.37. The van der Waals surface area contributed by atoms with E-state index in [1.165, 1.54) is 19.2 Å². The topological polar surface area (TPSA) is 81.4 Å². The van der Waals surface area contributed by atoms with E-state index in [2.05, 4.69) is 4.72 Å². The molecule has 0 aliphatic rings. The minimum absolute atomic E-state index is 0.0890. The Hall–Kier alpha value is -1.18. The van der Waals surface area contributed by atoms with Crippen LogP contribution in [0.1, 0.15) is 6.92 Å². The van der Waals surface area contributed by atoms with Crippen molar-refractivity contribution in [3.8, 4) is 0 Å². The molecule has 1 unspecified atom stereocenters. The van der Waals surface area contributed by atoms with Gasteiger partial charge in [0.2, 0.25) is 10.0 Å². The number of rotatable bonds is 5. The molecule has 1 aromatic rings. The van der Waals surface area contributed by atoms with Gasteiger partial charge in [-0.2, -0.15) is 0 Å². The van der Waals surface area contributed by atoms with Gasteiger partial charge in [0.25, 0.3) is 0 Å². The molecule has 0 aliphatic carbocycles. The smallest absolute Gasteiger partial charge is 0.240 e. The summed E-state index contributed by atoms with van der Waals surface area (Å²) in [6.45, 7) is 1.88. The molecule has 3 N–H and O–H groups in total. The second kappa shape index (κ2) is 5.44. The van der Waals surface area contributed by atoms with Crippen LogP contribution in [0.5, 0.6) is 0 Å². The zero-order valence-corrected chi connectivity index (χ0v) is 10.4. The second-order valence-electron chi connectivity index (χ2n) is 3.66. The van der Waals surface area contributed by atoms with E-state index < -0.39 is 21.9 Å². The van der Waals surface area contributed by atoms with Crippen LogP contribution in [0, 0.1) is 5.82 Å². The van der Waals surface area contributed by atoms with Crippen LogP contribution in [0.4, 0.5) is 10.1 Å². The van der Waals surface area contributed by atoms with Gasteiger partial charge in [0.05, 0.1) is 17.2 Å². The molecule has 0 amide bonds. The summed E-state index contributed by atoms with van der Waals surface area (Å²) in [5, 5.41) is 0. The van der Waals surface area contributed by atoms with Crippen molar-refractivity contribution in [2.45, 2.75) is 17.9 Å². The first kappa shape index (κ1) is 13.9. The number of hydrogen-bond donors (Lipinski definition) is 2. The molecule has 1 rings (SSSR count). The lowest BCUT2D eigenvalue weighted by Gasteiger charge is -2.13. The Morgan fingerprint density at radius 3 is 2.71 bits per heavy atom. The summed E-state index contributed by atoms with van der Waals surface area (Å²) in [6.07, 6.45) is 0. The van der Waals surface area contributed by atoms with Crippen molar-refractivity contribution in [3.05, 3.63) is 24.0 Å². The minimum Gasteiger partial charge on any atom is -0.396 e. The molecule has 1 atom stereocenters. The van der Waals surface area contributed by atoms with Gasteiger partial charge < -0.3 is 10.5 Å². The van der Waals surface area contributed by atoms with Crippen LogP contribution in [0.3, 0.4) is 0 Å². The van der Waals surface area contributed by atoms with Gasteiger partial charge in [0.1, 0.15) is 5.82 Å². The van der Waals surface area contributed by atoms with E-state index in [-0.39, 0.29) is 17.2 Å². The van der Waals surface area contributed by atoms with E-state index in [4.69, 9.17) is 10.5 Å². The largest absolute Gasteiger partial charge is 0.396 e. The number of nitrogens with two attached hydrogens (primary N) is 1. The Morgan fingerprint density at radius 2 is 2.18 bits per heavy atom. The van der Waals surface area contributed by atoms with Gasteiger partial charge >= 0.3 is 0 Å². The van der Waals surface area contributed by atoms with Crippen molar-refractivity contribution in [1.29, 1.82) is 0 Å². The molecule has 5 nitrogen and oxygen atoms in total. The lowest BCUT2D eigenvalue weighted by Crippen LogP contribution is -2.35. The maximum Gasteiger partial charge on any atom is 0.240 e. The van der Waals surface area contributed by atoms with Crippen LogP contribution in [0.25, 0.3) is 0 Å². The molecule has 0 aliphatic heterocycles. The Balaban J connectivity index is 2.93. The molecular weight excluding hydrogens is 247 g/mol. The fraction of sp³-hybridized carbons (Fsp3) is 0.400. The van der Waals surface area contributed by atoms with Crippen molar-refractivity contribution in [3.63, 3.8) is 0 Å². The molecule has 0 fully saturated rings. The fourth-order valence-corrected chi connectivity index (χ4v) is 2.53. The Bertz CT molecular complexity index is 490. The lowest BCUT2D eigenvalue weighted by atomic mass is 10.3. The third-order valence-electron chi connectivity index (χ3n) is 2.06. The SMILES string of the molecule is COCC(C)NS(=O)(=O)c1ccc(N)c(F)c1. The van der Waals surface area contributed by atoms with E-state index >= 15 is 0 Å². The van der Waals surface area contributed by atoms with E-state index in [0.29, 0.717) is 0 Å². The number of sulfonamides is 1. The number of methoxy groups -OCH3 is 1. The van der Waals surface area contributed by atoms with Crippen molar-refractivity contribution in [2.24, 2.45) is 0 Å². The lowest BCUT2D eigenvalue weighted by molar-refractivity contribution is 0.180. The zero-order valence-electron chi connectivity index (χ0n) is 9.60. The van der Waals surface area contributed by atoms with E-state index in [9.17, 15) is 12.8 Å². The predicted molar refractivity (Wildman–Crippen MR) is 62.5 cm³/mol. The van der Waals surface area contributed by atoms with Crippen LogP contribution in [-0.4, -0.2) is 28.2 Å². The van der Waals surface area contributed by atoms with Gasteiger partial charge in [0, 0.05) is 13.2 Å². The summed E-state index contributed by atoms with van der Waals surface area (Å²) in [4.78, 5) is -0.160. The van der Waals surface area contributed by atoms with E-state index in [1.807, 2.05) is 0 Å². The van der Waals surface area contributed by atoms with Gasteiger partial charge in [0.15, 0.2) is 0 Å². The molecular formula is C10H15FN2O3S. The zero-order chi connectivity index (χ0) is 13.1. The maximum atomic E-state index is 13.2. The average Bonchev–Trinajstić information content (AvgIpc) is 2.21. The number of anilines is 1. The fourth-order valence-electron chi connectivity index (χ4n) is 1.29. The number of hydrogen-bond acceptors (Lipinski definition) is 4. The van der Waals surface area contributed by atoms with Crippen LogP contribution in [0.15, 0.2) is 23.1 Å². The molecule has 0 bridgehead atoms. The van der Waals surface area contributed by atoms with Crippen molar-refractivity contribution >= 4 is 15.7 Å². The summed E-state index contributed by atoms with van der Waals surface area (Å²) in [5.74, 6) is -0.757. The summed E-state index contributed by atoms with van der Waals surface area (Å²) in [7, 11) is -2.28. The molecule has 0 saturated carbocycles. The van der Waals surface area contributed by atoms with E-state index in [1.54, 1.807) is 6.92 Å². The molecule has 0 spiro atoms. The average molecular weight is 262 g/mol. The van der Waals surface area contributed by atoms with Crippen LogP contribution in [-0.2, 0) is 14.8 Å². The van der Waals surface area contributed by atoms with Crippen LogP contribution >= 0.6 is 0 Å². The molecule has 1 aromatic carbocycles. The van der Waals surface area contributed by atoms with Crippen molar-refractivity contribution in [2.75, 3.05) is 19.5 Å². The van der Waals surface area contributed by atoms with E-state index in [0.717, 1.165) is 6.07 Å². The van der Waals surface area contributed by atoms with Gasteiger partial charge in [-0.25, -0.2) is 17.5 Å². The molecule has 0 aromatic heterocycles. The highest BCUT2D eigenvalue weighted by Gasteiger charge is 2.18. The number of ether oxygens (including phenoxy) is 1. The molecule has 0 radical (unpaired) electrons. The Morgan fingerprint density at radius 1 is 1.53 bits per heavy atom. The van der Waals surface area contributed by atoms with Gasteiger partial charge in [-0.15, -0.1) is 0 Å². The van der Waals surface area contributed by atoms with Crippen LogP contribution in [0.2, 0.25) is 0 Å². The summed E-state index contributed by atoms with van der Waals surface area (Å²) < 4.78 is 43.9. The molecule has 7 heteroatoms. The van der Waals surface area contributed by atoms with Crippen molar-refractivity contribution < 1.29 is 17.5 Å². The number of halogens is 1. The highest BCUT2D eigenvalue weighted by atomic mass is 32.2. The first-order chi connectivity index (χ1) is 7.86. The molecule has 0 saturated heterocycles. The van der Waals surface area contributed by atoms with Gasteiger partial charge in [-0.05, 0) is 25.1 Å². The number of nitrogens with one attached hydrogen (secondary N) is 1. The Kier molecular flexibility index (Phi) is 4.44. The third kappa shape index (κ3) is 3.65. The normalized spacial score (nSPS) is 13.6. The quantitative estimate of drug-likeness (QED) is 0.766. The monoisotopic (exact) mass is 262 g/mol. The summed E-state index contributed by atoms with van der Waals surface area (Å²) in [6, 6.07) is 2.95. The number of nitrogen functional groups attached to an aromatic ring is 1. The highest BCUT2D eigenvalue weighted by molar-refractivity contribution is 7.89. The summed E-state index contributed by atoms with van der Waals surface area (Å²) >= 11 is 0. The Labute approximate surface area is 99.8 Å². The van der Waals surface area contributed by atoms with Gasteiger partial charge in [-0.1, -0.05) is 0 Å². The first-order valence-corrected chi connectivity index (χ1v) is 6.41. The minimum atomic E-state index is -3.75. The first-order valence-electron chi connectivity index (χ1n) is 4.93. The molecule has 17 heavy (non-hydrogen) atoms. The third-order valence-corrected chi connectivity index (χ3v) is 3.64. The molecule has 0 heterocycles. The van der Waals surface area contributed by atoms with Crippen molar-refractivity contribution in [1.82, 2.24) is 4.72 Å². The predicted octanol–water partition coefficient (Wildman–Crippen LogP) is 0.721. The highest BCUT2D eigenvalue weighted by Crippen LogP contribution is 2.16. The maximum absolute atomic E-state index is 13.2. The summed E-state index contributed by atoms with van der Waals surface area (Å²) in [5.41, 5.74) is 5.18. The number of benzene rings is 1. The standard InChI is InChI=1S/C10H15FN2O3S/c1-7(6-16-2)13-17(14,15)8-3-4-10(12)9(11)5-8/h3-5,7,13H,6,12H2,1-2H3.